The van der Waals surface area contributed by atoms with E-state index in [0.29, 0.717) is 0 Å². The minimum Gasteiger partial charge on any atom is -0.118 e. The van der Waals surface area contributed by atoms with Gasteiger partial charge < -0.3 is 0 Å². The van der Waals surface area contributed by atoms with Crippen molar-refractivity contribution in [3.8, 4) is 0 Å². The predicted molar refractivity (Wildman–Crippen MR) is 66.4 cm³/mol. The molecule has 2 rings (SSSR count). The van der Waals surface area contributed by atoms with Crippen molar-refractivity contribution in [1.82, 2.24) is 4.76 Å². The Hall–Kier alpha value is -2.22. The van der Waals surface area contributed by atoms with Gasteiger partial charge in [-0.1, -0.05) is 36.4 Å². The molecule has 0 aliphatic carbocycles. The summed E-state index contributed by atoms with van der Waals surface area (Å²) in [6.45, 7) is 0. The summed E-state index contributed by atoms with van der Waals surface area (Å²) in [5, 5.41) is 12.7. The van der Waals surface area contributed by atoms with Crippen molar-refractivity contribution in [3.63, 3.8) is 0 Å². The summed E-state index contributed by atoms with van der Waals surface area (Å²) in [5.41, 5.74) is 1.45. The maximum atomic E-state index is 9.36. The molecule has 0 fully saturated rings. The lowest BCUT2D eigenvalue weighted by molar-refractivity contribution is -0.0342. The minimum absolute atomic E-state index is 0.401. The van der Waals surface area contributed by atoms with Gasteiger partial charge in [-0.25, -0.2) is 0 Å². The lowest BCUT2D eigenvalue weighted by Gasteiger charge is -2.11. The van der Waals surface area contributed by atoms with Crippen LogP contribution in [0.15, 0.2) is 60.7 Å². The number of diazo groups is 1. The van der Waals surface area contributed by atoms with Crippen LogP contribution in [0.5, 0.6) is 0 Å². The van der Waals surface area contributed by atoms with Crippen molar-refractivity contribution in [1.29, 1.82) is 5.39 Å². The lowest BCUT2D eigenvalue weighted by atomic mass is 10.2. The van der Waals surface area contributed by atoms with E-state index in [0.717, 1.165) is 11.4 Å². The van der Waals surface area contributed by atoms with Crippen LogP contribution in [0.3, 0.4) is 0 Å². The third kappa shape index (κ3) is 1.89. The first-order chi connectivity index (χ1) is 8.33. The Bertz CT molecular complexity index is 480. The molecule has 84 valence electrons. The van der Waals surface area contributed by atoms with Gasteiger partial charge in [0, 0.05) is 24.3 Å². The van der Waals surface area contributed by atoms with Crippen molar-refractivity contribution < 1.29 is 4.84 Å². The number of para-hydroxylation sites is 2. The summed E-state index contributed by atoms with van der Waals surface area (Å²) in [4.78, 5) is 5.38. The molecule has 0 amide bonds. The Kier molecular flexibility index (Phi) is 3.15. The summed E-state index contributed by atoms with van der Waals surface area (Å²) < 4.78 is -0.401. The summed E-state index contributed by atoms with van der Waals surface area (Å²) in [6, 6.07) is 18.7. The van der Waals surface area contributed by atoms with Gasteiger partial charge >= 0.3 is 5.08 Å². The first-order valence-corrected chi connectivity index (χ1v) is 5.26. The van der Waals surface area contributed by atoms with Crippen LogP contribution in [0.25, 0.3) is 5.08 Å². The molecule has 0 aliphatic heterocycles. The molecule has 4 heteroatoms. The summed E-state index contributed by atoms with van der Waals surface area (Å²) in [6.07, 6.45) is 0. The number of nitrogens with zero attached hydrogens (tertiary/aromatic N) is 3. The van der Waals surface area contributed by atoms with Gasteiger partial charge in [-0.3, -0.25) is 0 Å². The normalized spacial score (nSPS) is 10.8. The SMILES string of the molecule is CO[N+]([N+]#N)(c1ccccc1)c1ccccc1. The quantitative estimate of drug-likeness (QED) is 0.456. The van der Waals surface area contributed by atoms with Crippen LogP contribution in [-0.4, -0.2) is 7.11 Å². The van der Waals surface area contributed by atoms with E-state index in [1.165, 1.54) is 7.11 Å². The molecule has 0 saturated carbocycles. The first kappa shape index (κ1) is 11.3. The molecule has 0 aromatic heterocycles. The molecule has 0 aliphatic rings. The highest BCUT2D eigenvalue weighted by Crippen LogP contribution is 2.35. The van der Waals surface area contributed by atoms with Gasteiger partial charge in [0.15, 0.2) is 0 Å². The molecular formula is C13H13N3O+2. The highest BCUT2D eigenvalue weighted by atomic mass is 16.7. The van der Waals surface area contributed by atoms with Gasteiger partial charge in [-0.15, -0.1) is 4.84 Å². The van der Waals surface area contributed by atoms with Crippen molar-refractivity contribution in [3.05, 3.63) is 65.7 Å². The lowest BCUT2D eigenvalue weighted by Crippen LogP contribution is -2.34. The maximum absolute atomic E-state index is 9.36. The zero-order chi connectivity index (χ0) is 12.1. The fourth-order valence-electron chi connectivity index (χ4n) is 1.76. The fraction of sp³-hybridized carbons (Fsp3) is 0.0769. The molecule has 2 aromatic rings. The summed E-state index contributed by atoms with van der Waals surface area (Å²) in [5.74, 6) is 0. The van der Waals surface area contributed by atoms with E-state index >= 15 is 0 Å². The molecule has 2 aromatic carbocycles. The molecule has 0 heterocycles. The Labute approximate surface area is 99.8 Å². The van der Waals surface area contributed by atoms with Crippen LogP contribution in [0.4, 0.5) is 11.4 Å². The summed E-state index contributed by atoms with van der Waals surface area (Å²) >= 11 is 0. The van der Waals surface area contributed by atoms with E-state index in [9.17, 15) is 5.39 Å². The smallest absolute Gasteiger partial charge is 0.118 e. The number of hydrogen-bond acceptors (Lipinski definition) is 2. The van der Waals surface area contributed by atoms with Gasteiger partial charge in [-0.2, -0.15) is 0 Å². The molecular weight excluding hydrogens is 214 g/mol. The Morgan fingerprint density at radius 3 is 1.59 bits per heavy atom. The molecule has 0 atom stereocenters. The second-order valence-electron chi connectivity index (χ2n) is 3.52. The molecule has 0 unspecified atom stereocenters. The van der Waals surface area contributed by atoms with Crippen LogP contribution in [0.2, 0.25) is 0 Å². The van der Waals surface area contributed by atoms with E-state index in [-0.39, 0.29) is 0 Å². The Balaban J connectivity index is 2.60. The van der Waals surface area contributed by atoms with Crippen LogP contribution >= 0.6 is 0 Å². The number of benzene rings is 2. The van der Waals surface area contributed by atoms with Gasteiger partial charge in [0.05, 0.1) is 0 Å². The number of rotatable bonds is 3. The zero-order valence-corrected chi connectivity index (χ0v) is 9.52. The third-order valence-corrected chi connectivity index (χ3v) is 2.60. The number of hydrogen-bond donors (Lipinski definition) is 0. The van der Waals surface area contributed by atoms with E-state index in [4.69, 9.17) is 4.84 Å². The summed E-state index contributed by atoms with van der Waals surface area (Å²) in [7, 11) is 1.50. The second-order valence-corrected chi connectivity index (χ2v) is 3.52. The minimum atomic E-state index is -0.401. The van der Waals surface area contributed by atoms with Crippen molar-refractivity contribution in [2.24, 2.45) is 0 Å². The van der Waals surface area contributed by atoms with Crippen LogP contribution in [0, 0.1) is 5.39 Å². The topological polar surface area (TPSA) is 37.4 Å². The molecule has 4 nitrogen and oxygen atoms in total. The van der Waals surface area contributed by atoms with Gasteiger partial charge in [0.2, 0.25) is 4.76 Å². The molecule has 0 N–H and O–H groups in total. The highest BCUT2D eigenvalue weighted by molar-refractivity contribution is 5.56. The van der Waals surface area contributed by atoms with Gasteiger partial charge in [0.25, 0.3) is 16.8 Å². The van der Waals surface area contributed by atoms with E-state index in [2.05, 4.69) is 5.08 Å². The molecule has 0 spiro atoms. The average Bonchev–Trinajstić information content (AvgIpc) is 2.43. The molecule has 0 saturated heterocycles. The monoisotopic (exact) mass is 227 g/mol. The molecule has 0 bridgehead atoms. The van der Waals surface area contributed by atoms with E-state index in [1.807, 2.05) is 60.7 Å². The maximum Gasteiger partial charge on any atom is 0.448 e. The van der Waals surface area contributed by atoms with Crippen LogP contribution in [-0.2, 0) is 4.84 Å². The first-order valence-electron chi connectivity index (χ1n) is 5.26. The fourth-order valence-corrected chi connectivity index (χ4v) is 1.76. The van der Waals surface area contributed by atoms with Gasteiger partial charge in [0.1, 0.15) is 7.11 Å². The standard InChI is InChI=1S/C13H13N3O/c1-17-16(15-14,12-8-4-2-5-9-12)13-10-6-3-7-11-13/h2-11H,1H3/q+2. The highest BCUT2D eigenvalue weighted by Gasteiger charge is 2.49. The predicted octanol–water partition coefficient (Wildman–Crippen LogP) is 3.66. The largest absolute Gasteiger partial charge is 0.448 e. The molecule has 0 radical (unpaired) electrons. The van der Waals surface area contributed by atoms with Crippen molar-refractivity contribution >= 4 is 11.4 Å². The Morgan fingerprint density at radius 1 is 0.882 bits per heavy atom. The molecule has 17 heavy (non-hydrogen) atoms. The van der Waals surface area contributed by atoms with E-state index < -0.39 is 4.76 Å². The third-order valence-electron chi connectivity index (χ3n) is 2.60. The zero-order valence-electron chi connectivity index (χ0n) is 9.52. The van der Waals surface area contributed by atoms with E-state index in [1.54, 1.807) is 0 Å². The van der Waals surface area contributed by atoms with Crippen LogP contribution < -0.4 is 4.76 Å². The van der Waals surface area contributed by atoms with Crippen molar-refractivity contribution in [2.45, 2.75) is 0 Å². The average molecular weight is 227 g/mol. The number of quaternary nitrogens is 1. The van der Waals surface area contributed by atoms with Crippen molar-refractivity contribution in [2.75, 3.05) is 7.11 Å². The van der Waals surface area contributed by atoms with Gasteiger partial charge in [-0.05, 0) is 0 Å². The van der Waals surface area contributed by atoms with Crippen LogP contribution in [0.1, 0.15) is 0 Å². The Morgan fingerprint density at radius 2 is 1.29 bits per heavy atom. The second kappa shape index (κ2) is 4.74.